The first-order valence-corrected chi connectivity index (χ1v) is 11.9. The van der Waals surface area contributed by atoms with Gasteiger partial charge in [0.25, 0.3) is 0 Å². The smallest absolute Gasteiger partial charge is 0.242 e. The van der Waals surface area contributed by atoms with Gasteiger partial charge in [-0.15, -0.1) is 11.8 Å². The molecule has 0 bridgehead atoms. The molecule has 1 atom stereocenters. The van der Waals surface area contributed by atoms with Gasteiger partial charge in [-0.3, -0.25) is 9.59 Å². The molecule has 2 aromatic carbocycles. The molecule has 5 nitrogen and oxygen atoms in total. The van der Waals surface area contributed by atoms with E-state index in [-0.39, 0.29) is 11.8 Å². The lowest BCUT2D eigenvalue weighted by molar-refractivity contribution is -0.138. The number of thioether (sulfide) groups is 1. The number of hydrogen-bond acceptors (Lipinski definition) is 4. The molecular formula is C25H34N2O3S. The highest BCUT2D eigenvalue weighted by molar-refractivity contribution is 7.99. The fourth-order valence-electron chi connectivity index (χ4n) is 3.08. The molecule has 6 heteroatoms. The predicted octanol–water partition coefficient (Wildman–Crippen LogP) is 4.16. The van der Waals surface area contributed by atoms with Crippen molar-refractivity contribution < 1.29 is 14.3 Å². The van der Waals surface area contributed by atoms with Crippen molar-refractivity contribution in [1.82, 2.24) is 10.2 Å². The molecule has 0 aromatic heterocycles. The topological polar surface area (TPSA) is 58.6 Å². The molecule has 2 rings (SSSR count). The number of methoxy groups -OCH3 is 1. The lowest BCUT2D eigenvalue weighted by Gasteiger charge is -2.29. The molecule has 0 heterocycles. The van der Waals surface area contributed by atoms with Gasteiger partial charge in [-0.2, -0.15) is 0 Å². The minimum Gasteiger partial charge on any atom is -0.497 e. The molecule has 0 unspecified atom stereocenters. The molecule has 1 N–H and O–H groups in total. The third-order valence-electron chi connectivity index (χ3n) is 4.99. The summed E-state index contributed by atoms with van der Waals surface area (Å²) in [5.74, 6) is 2.14. The summed E-state index contributed by atoms with van der Waals surface area (Å²) in [4.78, 5) is 27.4. The SMILES string of the molecule is COc1ccc(CSCC(=O)N(CCc2ccccc2)[C@H](C)C(=O)NCC(C)C)cc1. The zero-order valence-electron chi connectivity index (χ0n) is 19.0. The second-order valence-corrected chi connectivity index (χ2v) is 8.96. The molecule has 0 saturated carbocycles. The number of nitrogens with one attached hydrogen (secondary N) is 1. The van der Waals surface area contributed by atoms with E-state index in [4.69, 9.17) is 4.74 Å². The van der Waals surface area contributed by atoms with Crippen molar-refractivity contribution in [3.63, 3.8) is 0 Å². The average molecular weight is 443 g/mol. The van der Waals surface area contributed by atoms with Gasteiger partial charge in [-0.1, -0.05) is 56.3 Å². The van der Waals surface area contributed by atoms with Crippen molar-refractivity contribution >= 4 is 23.6 Å². The van der Waals surface area contributed by atoms with Crippen LogP contribution in [0.3, 0.4) is 0 Å². The fourth-order valence-corrected chi connectivity index (χ4v) is 3.95. The van der Waals surface area contributed by atoms with Crippen LogP contribution < -0.4 is 10.1 Å². The second kappa shape index (κ2) is 13.1. The van der Waals surface area contributed by atoms with E-state index >= 15 is 0 Å². The van der Waals surface area contributed by atoms with Crippen LogP contribution in [0.1, 0.15) is 31.9 Å². The van der Waals surface area contributed by atoms with Crippen LogP contribution in [0.25, 0.3) is 0 Å². The number of benzene rings is 2. The molecule has 0 aliphatic heterocycles. The highest BCUT2D eigenvalue weighted by Crippen LogP contribution is 2.17. The molecule has 0 aliphatic carbocycles. The van der Waals surface area contributed by atoms with Crippen molar-refractivity contribution in [2.24, 2.45) is 5.92 Å². The van der Waals surface area contributed by atoms with Crippen LogP contribution >= 0.6 is 11.8 Å². The van der Waals surface area contributed by atoms with E-state index in [9.17, 15) is 9.59 Å². The number of hydrogen-bond donors (Lipinski definition) is 1. The molecule has 0 radical (unpaired) electrons. The Morgan fingerprint density at radius 3 is 2.29 bits per heavy atom. The van der Waals surface area contributed by atoms with Crippen LogP contribution in [-0.2, 0) is 21.8 Å². The van der Waals surface area contributed by atoms with Crippen LogP contribution in [0.5, 0.6) is 5.75 Å². The average Bonchev–Trinajstić information content (AvgIpc) is 2.78. The van der Waals surface area contributed by atoms with Crippen LogP contribution in [0.4, 0.5) is 0 Å². The maximum Gasteiger partial charge on any atom is 0.242 e. The van der Waals surface area contributed by atoms with E-state index in [2.05, 4.69) is 19.2 Å². The molecule has 0 aliphatic rings. The van der Waals surface area contributed by atoms with Crippen LogP contribution in [-0.4, -0.2) is 48.7 Å². The van der Waals surface area contributed by atoms with Gasteiger partial charge in [0.05, 0.1) is 12.9 Å². The van der Waals surface area contributed by atoms with E-state index in [1.54, 1.807) is 23.8 Å². The summed E-state index contributed by atoms with van der Waals surface area (Å²) < 4.78 is 5.18. The summed E-state index contributed by atoms with van der Waals surface area (Å²) in [6, 6.07) is 17.4. The van der Waals surface area contributed by atoms with Crippen LogP contribution in [0.15, 0.2) is 54.6 Å². The molecule has 2 aromatic rings. The summed E-state index contributed by atoms with van der Waals surface area (Å²) in [5.41, 5.74) is 2.29. The zero-order valence-corrected chi connectivity index (χ0v) is 19.8. The zero-order chi connectivity index (χ0) is 22.6. The number of ether oxygens (including phenoxy) is 1. The van der Waals surface area contributed by atoms with Crippen molar-refractivity contribution in [3.05, 3.63) is 65.7 Å². The third kappa shape index (κ3) is 8.66. The van der Waals surface area contributed by atoms with E-state index < -0.39 is 6.04 Å². The Morgan fingerprint density at radius 2 is 1.68 bits per heavy atom. The summed E-state index contributed by atoms with van der Waals surface area (Å²) in [6.45, 7) is 7.04. The van der Waals surface area contributed by atoms with Gasteiger partial charge < -0.3 is 15.0 Å². The molecule has 0 spiro atoms. The largest absolute Gasteiger partial charge is 0.497 e. The number of nitrogens with zero attached hydrogens (tertiary/aromatic N) is 1. The summed E-state index contributed by atoms with van der Waals surface area (Å²) in [7, 11) is 1.64. The van der Waals surface area contributed by atoms with Gasteiger partial charge in [0.2, 0.25) is 11.8 Å². The number of rotatable bonds is 12. The summed E-state index contributed by atoms with van der Waals surface area (Å²) in [6.07, 6.45) is 0.720. The lowest BCUT2D eigenvalue weighted by atomic mass is 10.1. The minimum atomic E-state index is -0.503. The molecular weight excluding hydrogens is 408 g/mol. The minimum absolute atomic E-state index is 0.0124. The molecule has 0 fully saturated rings. The molecule has 168 valence electrons. The van der Waals surface area contributed by atoms with Crippen LogP contribution in [0, 0.1) is 5.92 Å². The Kier molecular flexibility index (Phi) is 10.4. The predicted molar refractivity (Wildman–Crippen MR) is 128 cm³/mol. The Labute approximate surface area is 190 Å². The van der Waals surface area contributed by atoms with Gasteiger partial charge in [0, 0.05) is 18.8 Å². The van der Waals surface area contributed by atoms with Gasteiger partial charge in [-0.25, -0.2) is 0 Å². The monoisotopic (exact) mass is 442 g/mol. The number of carbonyl (C=O) groups excluding carboxylic acids is 2. The fraction of sp³-hybridized carbons (Fsp3) is 0.440. The first-order chi connectivity index (χ1) is 14.9. The van der Waals surface area contributed by atoms with E-state index in [1.165, 1.54) is 0 Å². The highest BCUT2D eigenvalue weighted by atomic mass is 32.2. The van der Waals surface area contributed by atoms with Gasteiger partial charge in [-0.05, 0) is 42.5 Å². The van der Waals surface area contributed by atoms with Gasteiger partial charge in [0.15, 0.2) is 0 Å². The van der Waals surface area contributed by atoms with Crippen LogP contribution in [0.2, 0.25) is 0 Å². The maximum absolute atomic E-state index is 13.0. The standard InChI is InChI=1S/C25H34N2O3S/c1-19(2)16-26-25(29)20(3)27(15-14-21-8-6-5-7-9-21)24(28)18-31-17-22-10-12-23(30-4)13-11-22/h5-13,19-20H,14-18H2,1-4H3,(H,26,29)/t20-/m1/s1. The first-order valence-electron chi connectivity index (χ1n) is 10.7. The number of amides is 2. The summed E-state index contributed by atoms with van der Waals surface area (Å²) in [5, 5.41) is 2.96. The van der Waals surface area contributed by atoms with E-state index in [0.717, 1.165) is 29.1 Å². The second-order valence-electron chi connectivity index (χ2n) is 7.98. The van der Waals surface area contributed by atoms with Crippen molar-refractivity contribution in [2.45, 2.75) is 39.0 Å². The van der Waals surface area contributed by atoms with E-state index in [1.807, 2.05) is 61.5 Å². The maximum atomic E-state index is 13.0. The summed E-state index contributed by atoms with van der Waals surface area (Å²) >= 11 is 1.56. The Morgan fingerprint density at radius 1 is 1.00 bits per heavy atom. The Bertz CT molecular complexity index is 809. The van der Waals surface area contributed by atoms with Gasteiger partial charge in [0.1, 0.15) is 11.8 Å². The normalized spacial score (nSPS) is 11.8. The Balaban J connectivity index is 1.97. The van der Waals surface area contributed by atoms with Crippen molar-refractivity contribution in [1.29, 1.82) is 0 Å². The third-order valence-corrected chi connectivity index (χ3v) is 5.98. The number of carbonyl (C=O) groups is 2. The molecule has 0 saturated heterocycles. The Hall–Kier alpha value is -2.47. The lowest BCUT2D eigenvalue weighted by Crippen LogP contribution is -2.50. The van der Waals surface area contributed by atoms with Crippen molar-refractivity contribution in [2.75, 3.05) is 26.0 Å². The van der Waals surface area contributed by atoms with Gasteiger partial charge >= 0.3 is 0 Å². The molecule has 31 heavy (non-hydrogen) atoms. The highest BCUT2D eigenvalue weighted by Gasteiger charge is 2.25. The quantitative estimate of drug-likeness (QED) is 0.536. The molecule has 2 amide bonds. The first kappa shape index (κ1) is 24.8. The van der Waals surface area contributed by atoms with Crippen molar-refractivity contribution in [3.8, 4) is 5.75 Å². The van der Waals surface area contributed by atoms with E-state index in [0.29, 0.717) is 24.8 Å².